The molecule has 2 N–H and O–H groups in total. The van der Waals surface area contributed by atoms with Crippen LogP contribution in [0.1, 0.15) is 111 Å². The zero-order valence-corrected chi connectivity index (χ0v) is 49.4. The standard InChI is InChI=1S/C55H72BrClN2O12Si2/c1-33(2)68-47-27-37-26-45(67-32-63-12)40(29-39(37)50(64-13)51(47)65-14)53(61)59-42-30-49(60)66-31-48(71-73(34(3)4,35(5)6)36(7)8)55(62)24-19-17-18-20-43(70-72(15,16)54(9,10)11)46(28-38(56)23-25-55)69-44-22-21-41(42)58-52(44)57/h21-22,26-29,33-36,42-43,46,48,62H,24,30-32H2,1-16H3,(H,59,61)/b38-28+/t42-,43?,46+,48-,55-/m1/s1. The molecular weight excluding hydrogens is 1050 g/mol. The van der Waals surface area contributed by atoms with Gasteiger partial charge in [-0.15, -0.1) is 0 Å². The Bertz CT molecular complexity index is 2700. The number of nitrogens with one attached hydrogen (secondary N) is 1. The molecule has 0 spiro atoms. The van der Waals surface area contributed by atoms with E-state index >= 15 is 0 Å². The van der Waals surface area contributed by atoms with Gasteiger partial charge in [-0.25, -0.2) is 4.98 Å². The van der Waals surface area contributed by atoms with Crippen LogP contribution in [0.15, 0.2) is 40.9 Å². The number of esters is 1. The smallest absolute Gasteiger partial charge is 0.308 e. The molecule has 0 saturated carbocycles. The molecule has 0 radical (unpaired) electrons. The topological polar surface area (TPSA) is 162 Å². The van der Waals surface area contributed by atoms with Crippen LogP contribution in [-0.4, -0.2) is 103 Å². The van der Waals surface area contributed by atoms with Crippen LogP contribution in [0.3, 0.4) is 0 Å². The van der Waals surface area contributed by atoms with Crippen LogP contribution in [0, 0.1) is 35.5 Å². The molecule has 1 amide bonds. The van der Waals surface area contributed by atoms with Gasteiger partial charge in [0.05, 0.1) is 54.9 Å². The first kappa shape index (κ1) is 59.1. The van der Waals surface area contributed by atoms with Gasteiger partial charge in [0.1, 0.15) is 24.6 Å². The summed E-state index contributed by atoms with van der Waals surface area (Å²) in [6.07, 6.45) is -2.11. The summed E-state index contributed by atoms with van der Waals surface area (Å²) in [5.74, 6) is 18.3. The third kappa shape index (κ3) is 14.0. The third-order valence-corrected chi connectivity index (χ3v) is 24.8. The lowest BCUT2D eigenvalue weighted by Gasteiger charge is -2.46. The first-order valence-corrected chi connectivity index (χ1v) is 30.7. The van der Waals surface area contributed by atoms with Gasteiger partial charge in [0.2, 0.25) is 14.1 Å². The van der Waals surface area contributed by atoms with Crippen molar-refractivity contribution in [1.29, 1.82) is 0 Å². The van der Waals surface area contributed by atoms with Crippen LogP contribution in [0.4, 0.5) is 0 Å². The van der Waals surface area contributed by atoms with Gasteiger partial charge in [-0.1, -0.05) is 97.6 Å². The van der Waals surface area contributed by atoms with Gasteiger partial charge in [-0.3, -0.25) is 9.59 Å². The number of amides is 1. The molecular formula is C55H72BrClN2O12Si2. The molecule has 18 heteroatoms. The van der Waals surface area contributed by atoms with E-state index in [1.165, 1.54) is 21.3 Å². The van der Waals surface area contributed by atoms with E-state index in [4.69, 9.17) is 58.6 Å². The number of benzene rings is 2. The largest absolute Gasteiger partial charge is 0.492 e. The van der Waals surface area contributed by atoms with Gasteiger partial charge in [0, 0.05) is 12.5 Å². The molecule has 3 aliphatic rings. The van der Waals surface area contributed by atoms with Gasteiger partial charge in [0.15, 0.2) is 49.2 Å². The fraction of sp³-hybridized carbons (Fsp3) is 0.545. The third-order valence-electron chi connectivity index (χ3n) is 13.5. The second-order valence-corrected chi connectivity index (χ2v) is 32.3. The molecule has 0 fully saturated rings. The monoisotopic (exact) mass is 1120 g/mol. The lowest BCUT2D eigenvalue weighted by Crippen LogP contribution is -2.57. The quantitative estimate of drug-likeness (QED) is 0.0459. The molecule has 3 aromatic rings. The summed E-state index contributed by atoms with van der Waals surface area (Å²) in [6, 6.07) is 7.10. The van der Waals surface area contributed by atoms with Crippen molar-refractivity contribution in [1.82, 2.24) is 10.3 Å². The Balaban J connectivity index is 1.73. The lowest BCUT2D eigenvalue weighted by molar-refractivity contribution is -0.150. The van der Waals surface area contributed by atoms with E-state index in [-0.39, 0.29) is 68.9 Å². The molecule has 396 valence electrons. The number of allylic oxidation sites excluding steroid dienone is 1. The lowest BCUT2D eigenvalue weighted by atomic mass is 9.93. The minimum absolute atomic E-state index is 0.0698. The molecule has 14 nitrogen and oxygen atoms in total. The molecule has 1 aliphatic carbocycles. The molecule has 5 atom stereocenters. The Morgan fingerprint density at radius 3 is 2.22 bits per heavy atom. The molecule has 1 aromatic heterocycles. The maximum absolute atomic E-state index is 14.9. The maximum Gasteiger partial charge on any atom is 0.308 e. The van der Waals surface area contributed by atoms with E-state index in [2.05, 4.69) is 132 Å². The van der Waals surface area contributed by atoms with Crippen LogP contribution in [0.25, 0.3) is 10.8 Å². The fourth-order valence-electron chi connectivity index (χ4n) is 8.94. The average molecular weight is 1120 g/mol. The Labute approximate surface area is 447 Å². The van der Waals surface area contributed by atoms with E-state index in [0.717, 1.165) is 0 Å². The molecule has 3 heterocycles. The highest BCUT2D eigenvalue weighted by molar-refractivity contribution is 9.12. The highest BCUT2D eigenvalue weighted by Gasteiger charge is 2.51. The summed E-state index contributed by atoms with van der Waals surface area (Å²) in [5.41, 5.74) is -1.47. The number of carbonyl (C=O) groups excluding carboxylic acids is 2. The summed E-state index contributed by atoms with van der Waals surface area (Å²) in [5, 5.41) is 16.7. The van der Waals surface area contributed by atoms with Crippen molar-refractivity contribution in [3.8, 4) is 64.3 Å². The number of aliphatic hydroxyl groups is 1. The summed E-state index contributed by atoms with van der Waals surface area (Å²) in [4.78, 5) is 34.0. The number of ether oxygens (including phenoxy) is 7. The molecule has 73 heavy (non-hydrogen) atoms. The van der Waals surface area contributed by atoms with Gasteiger partial charge in [-0.05, 0) is 118 Å². The number of hydrogen-bond acceptors (Lipinski definition) is 13. The predicted molar refractivity (Wildman–Crippen MR) is 293 cm³/mol. The van der Waals surface area contributed by atoms with Crippen LogP contribution in [0.2, 0.25) is 39.9 Å². The van der Waals surface area contributed by atoms with Crippen LogP contribution in [0.5, 0.6) is 28.7 Å². The molecule has 4 bridgehead atoms. The number of aromatic nitrogens is 1. The number of rotatable bonds is 16. The van der Waals surface area contributed by atoms with E-state index in [1.807, 2.05) is 13.8 Å². The average Bonchev–Trinajstić information content (AvgIpc) is 3.30. The summed E-state index contributed by atoms with van der Waals surface area (Å²) in [7, 11) is -0.886. The van der Waals surface area contributed by atoms with Crippen molar-refractivity contribution in [2.75, 3.05) is 34.7 Å². The van der Waals surface area contributed by atoms with Crippen molar-refractivity contribution in [3.05, 3.63) is 57.3 Å². The normalized spacial score (nSPS) is 21.4. The van der Waals surface area contributed by atoms with Gasteiger partial charge < -0.3 is 52.4 Å². The van der Waals surface area contributed by atoms with Gasteiger partial charge >= 0.3 is 5.97 Å². The Morgan fingerprint density at radius 2 is 1.63 bits per heavy atom. The predicted octanol–water partition coefficient (Wildman–Crippen LogP) is 11.2. The number of pyridine rings is 1. The van der Waals surface area contributed by atoms with Crippen LogP contribution >= 0.6 is 27.5 Å². The van der Waals surface area contributed by atoms with E-state index in [9.17, 15) is 14.7 Å². The number of halogens is 2. The minimum atomic E-state index is -2.82. The number of nitrogens with zero attached hydrogens (tertiary/aromatic N) is 1. The Kier molecular flexibility index (Phi) is 20.0. The first-order valence-electron chi connectivity index (χ1n) is 24.5. The van der Waals surface area contributed by atoms with Crippen molar-refractivity contribution in [2.24, 2.45) is 0 Å². The van der Waals surface area contributed by atoms with Crippen molar-refractivity contribution >= 4 is 66.8 Å². The summed E-state index contributed by atoms with van der Waals surface area (Å²) < 4.78 is 56.3. The summed E-state index contributed by atoms with van der Waals surface area (Å²) >= 11 is 10.7. The van der Waals surface area contributed by atoms with E-state index in [0.29, 0.717) is 32.5 Å². The Hall–Kier alpha value is -4.75. The minimum Gasteiger partial charge on any atom is -0.492 e. The fourth-order valence-corrected chi connectivity index (χ4v) is 16.3. The van der Waals surface area contributed by atoms with Crippen molar-refractivity contribution in [2.45, 2.75) is 160 Å². The SMILES string of the molecule is COCOc1cc2cc(OC(C)C)c(OC)c(OC)c2cc1C(=O)N[C@@H]1CC(=O)OC[C@@H](O[Si](C(C)C)(C(C)C)C(C)C)[C@]2(O)C#C/C(Br)=C\[C@H](Oc3ccc1nc3Cl)C(O[Si](C)(C)C(C)(C)C)C#CC#CC2. The van der Waals surface area contributed by atoms with Gasteiger partial charge in [0.25, 0.3) is 5.91 Å². The maximum atomic E-state index is 14.9. The second kappa shape index (κ2) is 24.7. The van der Waals surface area contributed by atoms with Crippen molar-refractivity contribution in [3.63, 3.8) is 0 Å². The number of methoxy groups -OCH3 is 3. The second-order valence-electron chi connectivity index (χ2n) is 20.9. The zero-order valence-electron chi connectivity index (χ0n) is 45.1. The van der Waals surface area contributed by atoms with Crippen LogP contribution in [-0.2, 0) is 23.1 Å². The summed E-state index contributed by atoms with van der Waals surface area (Å²) in [6.45, 7) is 26.5. The molecule has 2 aliphatic heterocycles. The number of carbonyl (C=O) groups is 2. The van der Waals surface area contributed by atoms with Gasteiger partial charge in [-0.2, -0.15) is 0 Å². The number of fused-ring (bicyclic) bond motifs is 8. The Morgan fingerprint density at radius 1 is 0.973 bits per heavy atom. The molecule has 1 unspecified atom stereocenters. The molecule has 0 saturated heterocycles. The van der Waals surface area contributed by atoms with E-state index in [1.54, 1.807) is 36.4 Å². The zero-order chi connectivity index (χ0) is 54.2. The molecule has 6 rings (SSSR count). The molecule has 2 aromatic carbocycles. The highest BCUT2D eigenvalue weighted by atomic mass is 79.9. The van der Waals surface area contributed by atoms with Crippen molar-refractivity contribution < 1.29 is 56.7 Å². The van der Waals surface area contributed by atoms with E-state index < -0.39 is 71.5 Å². The van der Waals surface area contributed by atoms with Crippen LogP contribution < -0.4 is 29.0 Å². The first-order chi connectivity index (χ1) is 34.2. The highest BCUT2D eigenvalue weighted by Crippen LogP contribution is 2.47. The number of hydrogen-bond donors (Lipinski definition) is 2.